The second-order valence-corrected chi connectivity index (χ2v) is 5.16. The van der Waals surface area contributed by atoms with Crippen molar-refractivity contribution in [1.82, 2.24) is 9.78 Å². The van der Waals surface area contributed by atoms with Crippen LogP contribution < -0.4 is 0 Å². The molecule has 0 fully saturated rings. The summed E-state index contributed by atoms with van der Waals surface area (Å²) in [5, 5.41) is 5.44. The van der Waals surface area contributed by atoms with E-state index in [0.717, 1.165) is 11.8 Å². The van der Waals surface area contributed by atoms with Crippen LogP contribution in [0.15, 0.2) is 12.3 Å². The molecule has 14 heavy (non-hydrogen) atoms. The molecule has 2 nitrogen and oxygen atoms in total. The predicted molar refractivity (Wildman–Crippen MR) is 63.7 cm³/mol. The summed E-state index contributed by atoms with van der Waals surface area (Å²) < 4.78 is 1.87. The van der Waals surface area contributed by atoms with Crippen LogP contribution in [0, 0.1) is 11.3 Å². The van der Waals surface area contributed by atoms with E-state index in [2.05, 4.69) is 47.9 Å². The van der Waals surface area contributed by atoms with Crippen molar-refractivity contribution in [2.75, 3.05) is 5.33 Å². The molecule has 0 aliphatic rings. The van der Waals surface area contributed by atoms with E-state index in [0.29, 0.717) is 11.3 Å². The summed E-state index contributed by atoms with van der Waals surface area (Å²) in [5.41, 5.74) is 1.48. The minimum absolute atomic E-state index is 0.300. The maximum Gasteiger partial charge on any atom is 0.0630 e. The van der Waals surface area contributed by atoms with Gasteiger partial charge in [-0.05, 0) is 23.8 Å². The first-order valence-corrected chi connectivity index (χ1v) is 6.14. The van der Waals surface area contributed by atoms with E-state index in [9.17, 15) is 0 Å². The van der Waals surface area contributed by atoms with Crippen LogP contribution in [0.5, 0.6) is 0 Å². The Labute approximate surface area is 94.8 Å². The Hall–Kier alpha value is -0.310. The van der Waals surface area contributed by atoms with Gasteiger partial charge < -0.3 is 0 Å². The van der Waals surface area contributed by atoms with Crippen molar-refractivity contribution in [3.8, 4) is 0 Å². The fourth-order valence-electron chi connectivity index (χ4n) is 1.38. The van der Waals surface area contributed by atoms with E-state index in [1.165, 1.54) is 5.69 Å². The Morgan fingerprint density at radius 1 is 1.57 bits per heavy atom. The average molecular weight is 259 g/mol. The van der Waals surface area contributed by atoms with E-state index >= 15 is 0 Å². The van der Waals surface area contributed by atoms with Crippen molar-refractivity contribution >= 4 is 15.9 Å². The number of rotatable bonds is 4. The van der Waals surface area contributed by atoms with Crippen molar-refractivity contribution in [2.24, 2.45) is 18.4 Å². The maximum absolute atomic E-state index is 4.42. The number of hydrogen-bond donors (Lipinski definition) is 0. The molecule has 3 heteroatoms. The first kappa shape index (κ1) is 11.8. The lowest BCUT2D eigenvalue weighted by molar-refractivity contribution is 0.255. The molecule has 0 bridgehead atoms. The van der Waals surface area contributed by atoms with Gasteiger partial charge in [0.05, 0.1) is 5.69 Å². The standard InChI is InChI=1S/C11H19BrN2/c1-9(2)11(3,8-12)7-10-5-6-14(4)13-10/h5-6,9H,7-8H2,1-4H3. The molecule has 1 aromatic rings. The highest BCUT2D eigenvalue weighted by molar-refractivity contribution is 9.09. The molecule has 0 aromatic carbocycles. The van der Waals surface area contributed by atoms with Crippen LogP contribution in [0.3, 0.4) is 0 Å². The third-order valence-corrected chi connectivity index (χ3v) is 4.33. The van der Waals surface area contributed by atoms with Crippen molar-refractivity contribution < 1.29 is 0 Å². The van der Waals surface area contributed by atoms with Gasteiger partial charge in [-0.3, -0.25) is 4.68 Å². The van der Waals surface area contributed by atoms with Crippen LogP contribution in [0.4, 0.5) is 0 Å². The van der Waals surface area contributed by atoms with Crippen LogP contribution in [-0.4, -0.2) is 15.1 Å². The molecular weight excluding hydrogens is 240 g/mol. The second-order valence-electron chi connectivity index (χ2n) is 4.60. The smallest absolute Gasteiger partial charge is 0.0630 e. The zero-order chi connectivity index (χ0) is 10.8. The largest absolute Gasteiger partial charge is 0.276 e. The molecule has 1 atom stereocenters. The monoisotopic (exact) mass is 258 g/mol. The molecule has 0 radical (unpaired) electrons. The Balaban J connectivity index is 2.75. The number of halogens is 1. The highest BCUT2D eigenvalue weighted by atomic mass is 79.9. The molecular formula is C11H19BrN2. The molecule has 0 saturated carbocycles. The molecule has 0 spiro atoms. The summed E-state index contributed by atoms with van der Waals surface area (Å²) >= 11 is 3.60. The second kappa shape index (κ2) is 4.47. The molecule has 80 valence electrons. The fourth-order valence-corrected chi connectivity index (χ4v) is 2.22. The Kier molecular flexibility index (Phi) is 3.76. The van der Waals surface area contributed by atoms with Gasteiger partial charge in [0.1, 0.15) is 0 Å². The Morgan fingerprint density at radius 3 is 2.57 bits per heavy atom. The molecule has 0 amide bonds. The van der Waals surface area contributed by atoms with Gasteiger partial charge >= 0.3 is 0 Å². The third-order valence-electron chi connectivity index (χ3n) is 3.05. The lowest BCUT2D eigenvalue weighted by Gasteiger charge is -2.31. The Morgan fingerprint density at radius 2 is 2.21 bits per heavy atom. The predicted octanol–water partition coefficient (Wildman–Crippen LogP) is 3.02. The topological polar surface area (TPSA) is 17.8 Å². The molecule has 1 heterocycles. The number of hydrogen-bond acceptors (Lipinski definition) is 1. The lowest BCUT2D eigenvalue weighted by atomic mass is 9.77. The summed E-state index contributed by atoms with van der Waals surface area (Å²) in [5.74, 6) is 0.656. The van der Waals surface area contributed by atoms with Crippen LogP contribution in [0.2, 0.25) is 0 Å². The number of aromatic nitrogens is 2. The van der Waals surface area contributed by atoms with Crippen LogP contribution >= 0.6 is 15.9 Å². The van der Waals surface area contributed by atoms with Gasteiger partial charge in [-0.15, -0.1) is 0 Å². The van der Waals surface area contributed by atoms with Gasteiger partial charge in [0.2, 0.25) is 0 Å². The van der Waals surface area contributed by atoms with Crippen LogP contribution in [0.1, 0.15) is 26.5 Å². The average Bonchev–Trinajstić information content (AvgIpc) is 2.50. The zero-order valence-corrected chi connectivity index (χ0v) is 11.0. The van der Waals surface area contributed by atoms with Crippen molar-refractivity contribution in [1.29, 1.82) is 0 Å². The fraction of sp³-hybridized carbons (Fsp3) is 0.727. The SMILES string of the molecule is CC(C)C(C)(CBr)Cc1ccn(C)n1. The molecule has 0 N–H and O–H groups in total. The summed E-state index contributed by atoms with van der Waals surface area (Å²) in [6.45, 7) is 6.84. The molecule has 0 saturated heterocycles. The van der Waals surface area contributed by atoms with E-state index in [1.807, 2.05) is 17.9 Å². The first-order chi connectivity index (χ1) is 6.48. The van der Waals surface area contributed by atoms with E-state index < -0.39 is 0 Å². The molecule has 0 aliphatic carbocycles. The number of alkyl halides is 1. The normalized spacial score (nSPS) is 15.9. The molecule has 1 rings (SSSR count). The van der Waals surface area contributed by atoms with Crippen molar-refractivity contribution in [3.63, 3.8) is 0 Å². The number of aryl methyl sites for hydroxylation is 1. The van der Waals surface area contributed by atoms with Gasteiger partial charge in [-0.1, -0.05) is 36.7 Å². The number of nitrogens with zero attached hydrogens (tertiary/aromatic N) is 2. The highest BCUT2D eigenvalue weighted by Gasteiger charge is 2.28. The maximum atomic E-state index is 4.42. The van der Waals surface area contributed by atoms with E-state index in [4.69, 9.17) is 0 Å². The van der Waals surface area contributed by atoms with Crippen LogP contribution in [0.25, 0.3) is 0 Å². The van der Waals surface area contributed by atoms with Crippen LogP contribution in [-0.2, 0) is 13.5 Å². The summed E-state index contributed by atoms with van der Waals surface area (Å²) in [6.07, 6.45) is 3.04. The molecule has 1 unspecified atom stereocenters. The van der Waals surface area contributed by atoms with E-state index in [-0.39, 0.29) is 0 Å². The minimum atomic E-state index is 0.300. The summed E-state index contributed by atoms with van der Waals surface area (Å²) in [4.78, 5) is 0. The van der Waals surface area contributed by atoms with Gasteiger partial charge in [-0.25, -0.2) is 0 Å². The first-order valence-electron chi connectivity index (χ1n) is 5.02. The quantitative estimate of drug-likeness (QED) is 0.760. The van der Waals surface area contributed by atoms with Crippen molar-refractivity contribution in [2.45, 2.75) is 27.2 Å². The highest BCUT2D eigenvalue weighted by Crippen LogP contribution is 2.32. The van der Waals surface area contributed by atoms with Gasteiger partial charge in [0, 0.05) is 18.6 Å². The molecule has 0 aliphatic heterocycles. The molecule has 1 aromatic heterocycles. The lowest BCUT2D eigenvalue weighted by Crippen LogP contribution is -2.28. The van der Waals surface area contributed by atoms with Gasteiger partial charge in [0.25, 0.3) is 0 Å². The third kappa shape index (κ3) is 2.59. The Bertz CT molecular complexity index is 293. The summed E-state index contributed by atoms with van der Waals surface area (Å²) in [6, 6.07) is 2.10. The van der Waals surface area contributed by atoms with Gasteiger partial charge in [0.15, 0.2) is 0 Å². The van der Waals surface area contributed by atoms with Crippen molar-refractivity contribution in [3.05, 3.63) is 18.0 Å². The summed E-state index contributed by atoms with van der Waals surface area (Å²) in [7, 11) is 1.96. The zero-order valence-electron chi connectivity index (χ0n) is 9.42. The minimum Gasteiger partial charge on any atom is -0.276 e. The van der Waals surface area contributed by atoms with E-state index in [1.54, 1.807) is 0 Å². The van der Waals surface area contributed by atoms with Gasteiger partial charge in [-0.2, -0.15) is 5.10 Å².